The van der Waals surface area contributed by atoms with Gasteiger partial charge in [0.05, 0.1) is 19.2 Å². The fraction of sp³-hybridized carbons (Fsp3) is 0.571. The molecular formula is C21H25N3O4. The third kappa shape index (κ3) is 2.71. The van der Waals surface area contributed by atoms with E-state index in [-0.39, 0.29) is 48.7 Å². The number of aldehydes is 1. The van der Waals surface area contributed by atoms with Crippen molar-refractivity contribution in [2.45, 2.75) is 50.0 Å². The first-order valence-electron chi connectivity index (χ1n) is 9.65. The molecule has 0 unspecified atom stereocenters. The van der Waals surface area contributed by atoms with Crippen molar-refractivity contribution in [2.24, 2.45) is 5.92 Å². The van der Waals surface area contributed by atoms with Crippen molar-refractivity contribution in [3.63, 3.8) is 0 Å². The van der Waals surface area contributed by atoms with E-state index in [1.807, 2.05) is 19.2 Å². The van der Waals surface area contributed by atoms with Crippen molar-refractivity contribution in [3.05, 3.63) is 29.3 Å². The highest BCUT2D eigenvalue weighted by Crippen LogP contribution is 2.49. The maximum atomic E-state index is 11.8. The number of ether oxygens (including phenoxy) is 2. The van der Waals surface area contributed by atoms with Crippen LogP contribution in [0.4, 0.5) is 0 Å². The van der Waals surface area contributed by atoms with Crippen molar-refractivity contribution in [2.75, 3.05) is 20.8 Å². The number of carbonyl (C=O) groups excluding carboxylic acids is 2. The summed E-state index contributed by atoms with van der Waals surface area (Å²) in [5, 5.41) is 10.1. The molecule has 6 atom stereocenters. The second kappa shape index (κ2) is 7.19. The third-order valence-electron chi connectivity index (χ3n) is 6.66. The molecular weight excluding hydrogens is 358 g/mol. The minimum atomic E-state index is -0.380. The Labute approximate surface area is 164 Å². The van der Waals surface area contributed by atoms with Gasteiger partial charge in [-0.05, 0) is 31.5 Å². The zero-order chi connectivity index (χ0) is 20.0. The average molecular weight is 383 g/mol. The SMILES string of the molecule is COc1cccc2c1[C@H](COC(C)=O)N1[C@@H](C#N)[C@@H]3C[C@@H](C=O)[C@H]([C@@H]1C2)N3C. The van der Waals surface area contributed by atoms with Gasteiger partial charge >= 0.3 is 5.97 Å². The topological polar surface area (TPSA) is 82.9 Å². The first-order valence-corrected chi connectivity index (χ1v) is 9.65. The van der Waals surface area contributed by atoms with Gasteiger partial charge in [-0.25, -0.2) is 0 Å². The normalized spacial score (nSPS) is 34.1. The Balaban J connectivity index is 1.85. The summed E-state index contributed by atoms with van der Waals surface area (Å²) in [4.78, 5) is 27.8. The van der Waals surface area contributed by atoms with Crippen LogP contribution in [0.1, 0.15) is 30.5 Å². The Kier molecular flexibility index (Phi) is 4.86. The standard InChI is InChI=1S/C21H25N3O4/c1-12(26)28-11-18-20-13(5-4-6-19(20)27-3)7-16-21-14(10-25)8-15(23(21)2)17(9-22)24(16)18/h4-6,10,14-18,21H,7-8,11H2,1-3H3/t14-,15-,16-,17-,18-,21+/m0/s1. The van der Waals surface area contributed by atoms with Gasteiger partial charge in [0.1, 0.15) is 24.7 Å². The van der Waals surface area contributed by atoms with Gasteiger partial charge < -0.3 is 14.3 Å². The summed E-state index contributed by atoms with van der Waals surface area (Å²) in [5.74, 6) is 0.292. The van der Waals surface area contributed by atoms with Crippen LogP contribution in [0.5, 0.6) is 5.75 Å². The average Bonchev–Trinajstić information content (AvgIpc) is 2.94. The van der Waals surface area contributed by atoms with Crippen molar-refractivity contribution in [1.29, 1.82) is 5.26 Å². The lowest BCUT2D eigenvalue weighted by Crippen LogP contribution is -2.66. The number of rotatable bonds is 4. The van der Waals surface area contributed by atoms with E-state index in [1.165, 1.54) is 6.92 Å². The van der Waals surface area contributed by atoms with Crippen LogP contribution in [0.2, 0.25) is 0 Å². The van der Waals surface area contributed by atoms with E-state index in [1.54, 1.807) is 7.11 Å². The van der Waals surface area contributed by atoms with E-state index in [4.69, 9.17) is 9.47 Å². The minimum Gasteiger partial charge on any atom is -0.496 e. The van der Waals surface area contributed by atoms with Crippen LogP contribution in [-0.2, 0) is 20.7 Å². The van der Waals surface area contributed by atoms with Crippen molar-refractivity contribution in [1.82, 2.24) is 9.80 Å². The highest BCUT2D eigenvalue weighted by atomic mass is 16.5. The summed E-state index contributed by atoms with van der Waals surface area (Å²) in [5.41, 5.74) is 2.10. The van der Waals surface area contributed by atoms with E-state index in [0.29, 0.717) is 6.42 Å². The summed E-state index contributed by atoms with van der Waals surface area (Å²) in [6.07, 6.45) is 2.46. The number of hydrogen-bond acceptors (Lipinski definition) is 7. The summed E-state index contributed by atoms with van der Waals surface area (Å²) in [6.45, 7) is 1.55. The van der Waals surface area contributed by atoms with Gasteiger partial charge in [0.2, 0.25) is 0 Å². The number of likely N-dealkylation sites (N-methyl/N-ethyl adjacent to an activating group) is 1. The number of nitriles is 1. The van der Waals surface area contributed by atoms with Crippen LogP contribution in [0.15, 0.2) is 18.2 Å². The Bertz CT molecular complexity index is 835. The molecule has 0 aliphatic carbocycles. The van der Waals surface area contributed by atoms with Crippen LogP contribution in [0.3, 0.4) is 0 Å². The molecule has 0 spiro atoms. The van der Waals surface area contributed by atoms with Gasteiger partial charge in [-0.1, -0.05) is 12.1 Å². The second-order valence-corrected chi connectivity index (χ2v) is 7.90. The van der Waals surface area contributed by atoms with E-state index < -0.39 is 0 Å². The molecule has 4 rings (SSSR count). The first-order chi connectivity index (χ1) is 13.5. The number of methoxy groups -OCH3 is 1. The number of nitrogens with zero attached hydrogens (tertiary/aromatic N) is 3. The Morgan fingerprint density at radius 3 is 2.82 bits per heavy atom. The molecule has 3 heterocycles. The van der Waals surface area contributed by atoms with Gasteiger partial charge in [-0.15, -0.1) is 0 Å². The molecule has 0 radical (unpaired) electrons. The largest absolute Gasteiger partial charge is 0.496 e. The first kappa shape index (κ1) is 18.9. The number of hydrogen-bond donors (Lipinski definition) is 0. The molecule has 148 valence electrons. The molecule has 3 aliphatic heterocycles. The van der Waals surface area contributed by atoms with Crippen LogP contribution in [-0.4, -0.2) is 67.0 Å². The molecule has 7 heteroatoms. The summed E-state index contributed by atoms with van der Waals surface area (Å²) >= 11 is 0. The zero-order valence-electron chi connectivity index (χ0n) is 16.4. The number of benzene rings is 1. The molecule has 0 saturated carbocycles. The smallest absolute Gasteiger partial charge is 0.302 e. The predicted molar refractivity (Wildman–Crippen MR) is 101 cm³/mol. The molecule has 2 bridgehead atoms. The zero-order valence-corrected chi connectivity index (χ0v) is 16.4. The maximum absolute atomic E-state index is 11.8. The predicted octanol–water partition coefficient (Wildman–Crippen LogP) is 1.32. The highest BCUT2D eigenvalue weighted by Gasteiger charge is 2.58. The summed E-state index contributed by atoms with van der Waals surface area (Å²) in [7, 11) is 3.64. The molecule has 0 N–H and O–H groups in total. The molecule has 2 fully saturated rings. The van der Waals surface area contributed by atoms with Crippen molar-refractivity contribution >= 4 is 12.3 Å². The minimum absolute atomic E-state index is 0.00349. The monoisotopic (exact) mass is 383 g/mol. The number of esters is 1. The quantitative estimate of drug-likeness (QED) is 0.573. The van der Waals surface area contributed by atoms with E-state index in [9.17, 15) is 14.9 Å². The van der Waals surface area contributed by atoms with Crippen LogP contribution < -0.4 is 4.74 Å². The van der Waals surface area contributed by atoms with Gasteiger partial charge in [-0.3, -0.25) is 14.6 Å². The lowest BCUT2D eigenvalue weighted by molar-refractivity contribution is -0.145. The van der Waals surface area contributed by atoms with Crippen molar-refractivity contribution < 1.29 is 19.1 Å². The van der Waals surface area contributed by atoms with Gasteiger partial charge in [0.15, 0.2) is 0 Å². The second-order valence-electron chi connectivity index (χ2n) is 7.90. The Hall–Kier alpha value is -2.43. The summed E-state index contributed by atoms with van der Waals surface area (Å²) < 4.78 is 11.0. The maximum Gasteiger partial charge on any atom is 0.302 e. The van der Waals surface area contributed by atoms with Crippen LogP contribution >= 0.6 is 0 Å². The number of piperazine rings is 1. The van der Waals surface area contributed by atoms with Gasteiger partial charge in [-0.2, -0.15) is 5.26 Å². The molecule has 1 aromatic rings. The van der Waals surface area contributed by atoms with Crippen LogP contribution in [0.25, 0.3) is 0 Å². The van der Waals surface area contributed by atoms with Crippen molar-refractivity contribution in [3.8, 4) is 11.8 Å². The number of fused-ring (bicyclic) bond motifs is 5. The Morgan fingerprint density at radius 1 is 1.39 bits per heavy atom. The lowest BCUT2D eigenvalue weighted by Gasteiger charge is -2.54. The van der Waals surface area contributed by atoms with Crippen LogP contribution in [0, 0.1) is 17.2 Å². The fourth-order valence-corrected chi connectivity index (χ4v) is 5.60. The molecule has 7 nitrogen and oxygen atoms in total. The molecule has 0 aromatic heterocycles. The highest BCUT2D eigenvalue weighted by molar-refractivity contribution is 5.66. The number of carbonyl (C=O) groups is 2. The lowest BCUT2D eigenvalue weighted by atomic mass is 9.80. The molecule has 1 aromatic carbocycles. The summed E-state index contributed by atoms with van der Waals surface area (Å²) in [6, 6.07) is 7.78. The van der Waals surface area contributed by atoms with E-state index in [2.05, 4.69) is 21.9 Å². The Morgan fingerprint density at radius 2 is 2.18 bits per heavy atom. The molecule has 3 aliphatic rings. The molecule has 0 amide bonds. The fourth-order valence-electron chi connectivity index (χ4n) is 5.60. The van der Waals surface area contributed by atoms with E-state index in [0.717, 1.165) is 29.6 Å². The van der Waals surface area contributed by atoms with Gasteiger partial charge in [0, 0.05) is 36.5 Å². The molecule has 28 heavy (non-hydrogen) atoms. The van der Waals surface area contributed by atoms with E-state index >= 15 is 0 Å². The van der Waals surface area contributed by atoms with Gasteiger partial charge in [0.25, 0.3) is 0 Å². The molecule has 2 saturated heterocycles. The third-order valence-corrected chi connectivity index (χ3v) is 6.66.